The molecule has 0 saturated carbocycles. The van der Waals surface area contributed by atoms with E-state index in [1.807, 2.05) is 25.1 Å². The number of carbonyl (C=O) groups excluding carboxylic acids is 1. The Hall–Kier alpha value is -2.74. The fourth-order valence-corrected chi connectivity index (χ4v) is 2.46. The molecule has 0 bridgehead atoms. The van der Waals surface area contributed by atoms with Crippen molar-refractivity contribution in [2.45, 2.75) is 13.3 Å². The fraction of sp³-hybridized carbons (Fsp3) is 0.263. The standard InChI is InChI=1S/C19H21BrN2O5/c1-12-8-14(5-6-15(12)20)26-11-19(23)27-22-18(21)10-13-4-7-16(24-2)17(9-13)25-3/h4-9H,10-11H2,1-3H3,(H2,21,22). The summed E-state index contributed by atoms with van der Waals surface area (Å²) in [5.74, 6) is 1.26. The molecule has 8 heteroatoms. The number of benzene rings is 2. The third-order valence-electron chi connectivity index (χ3n) is 3.58. The van der Waals surface area contributed by atoms with Gasteiger partial charge in [-0.1, -0.05) is 27.2 Å². The number of carbonyl (C=O) groups is 1. The Kier molecular flexibility index (Phi) is 7.48. The number of nitrogens with zero attached hydrogens (tertiary/aromatic N) is 1. The van der Waals surface area contributed by atoms with Gasteiger partial charge in [0, 0.05) is 10.9 Å². The molecule has 0 saturated heterocycles. The van der Waals surface area contributed by atoms with Crippen LogP contribution in [0.3, 0.4) is 0 Å². The van der Waals surface area contributed by atoms with Crippen LogP contribution in [0.25, 0.3) is 0 Å². The van der Waals surface area contributed by atoms with Crippen molar-refractivity contribution in [1.29, 1.82) is 0 Å². The molecule has 0 radical (unpaired) electrons. The molecule has 144 valence electrons. The summed E-state index contributed by atoms with van der Waals surface area (Å²) in [6, 6.07) is 10.8. The van der Waals surface area contributed by atoms with Crippen LogP contribution in [-0.2, 0) is 16.1 Å². The third kappa shape index (κ3) is 6.18. The average Bonchev–Trinajstić information content (AvgIpc) is 2.67. The quantitative estimate of drug-likeness (QED) is 0.295. The predicted octanol–water partition coefficient (Wildman–Crippen LogP) is 3.21. The molecule has 0 aromatic heterocycles. The number of hydrogen-bond donors (Lipinski definition) is 1. The highest BCUT2D eigenvalue weighted by Gasteiger charge is 2.08. The Morgan fingerprint density at radius 2 is 1.85 bits per heavy atom. The number of ether oxygens (including phenoxy) is 3. The largest absolute Gasteiger partial charge is 0.493 e. The van der Waals surface area contributed by atoms with Gasteiger partial charge in [0.15, 0.2) is 18.1 Å². The van der Waals surface area contributed by atoms with E-state index in [2.05, 4.69) is 21.1 Å². The van der Waals surface area contributed by atoms with Crippen LogP contribution in [0.5, 0.6) is 17.2 Å². The van der Waals surface area contributed by atoms with Crippen molar-refractivity contribution in [3.63, 3.8) is 0 Å². The second-order valence-corrected chi connectivity index (χ2v) is 6.47. The van der Waals surface area contributed by atoms with Gasteiger partial charge in [-0.05, 0) is 48.4 Å². The van der Waals surface area contributed by atoms with Gasteiger partial charge in [-0.3, -0.25) is 0 Å². The van der Waals surface area contributed by atoms with Crippen LogP contribution in [0.15, 0.2) is 46.0 Å². The number of nitrogens with two attached hydrogens (primary N) is 1. The number of aryl methyl sites for hydroxylation is 1. The number of halogens is 1. The van der Waals surface area contributed by atoms with E-state index in [4.69, 9.17) is 24.8 Å². The monoisotopic (exact) mass is 436 g/mol. The first-order valence-corrected chi connectivity index (χ1v) is 8.84. The van der Waals surface area contributed by atoms with Gasteiger partial charge in [-0.25, -0.2) is 4.79 Å². The maximum atomic E-state index is 11.8. The first-order chi connectivity index (χ1) is 12.9. The minimum atomic E-state index is -0.647. The Balaban J connectivity index is 1.87. The third-order valence-corrected chi connectivity index (χ3v) is 4.47. The van der Waals surface area contributed by atoms with Crippen LogP contribution < -0.4 is 19.9 Å². The summed E-state index contributed by atoms with van der Waals surface area (Å²) in [6.45, 7) is 1.66. The van der Waals surface area contributed by atoms with E-state index in [0.717, 1.165) is 15.6 Å². The summed E-state index contributed by atoms with van der Waals surface area (Å²) in [6.07, 6.45) is 0.292. The van der Waals surface area contributed by atoms with Gasteiger partial charge in [-0.2, -0.15) is 0 Å². The van der Waals surface area contributed by atoms with Gasteiger partial charge in [0.25, 0.3) is 0 Å². The topological polar surface area (TPSA) is 92.4 Å². The van der Waals surface area contributed by atoms with E-state index in [9.17, 15) is 4.79 Å². The van der Waals surface area contributed by atoms with Crippen molar-refractivity contribution in [3.8, 4) is 17.2 Å². The van der Waals surface area contributed by atoms with Crippen molar-refractivity contribution in [2.24, 2.45) is 10.9 Å². The van der Waals surface area contributed by atoms with E-state index < -0.39 is 5.97 Å². The van der Waals surface area contributed by atoms with E-state index in [0.29, 0.717) is 23.7 Å². The molecule has 0 fully saturated rings. The highest BCUT2D eigenvalue weighted by molar-refractivity contribution is 9.10. The molecule has 2 rings (SSSR count). The Labute approximate surface area is 166 Å². The molecule has 0 atom stereocenters. The fourth-order valence-electron chi connectivity index (χ4n) is 2.22. The van der Waals surface area contributed by atoms with Crippen LogP contribution >= 0.6 is 15.9 Å². The molecule has 7 nitrogen and oxygen atoms in total. The lowest BCUT2D eigenvalue weighted by Gasteiger charge is -2.09. The zero-order valence-corrected chi connectivity index (χ0v) is 16.9. The predicted molar refractivity (Wildman–Crippen MR) is 105 cm³/mol. The summed E-state index contributed by atoms with van der Waals surface area (Å²) in [7, 11) is 3.11. The van der Waals surface area contributed by atoms with E-state index in [1.54, 1.807) is 32.4 Å². The smallest absolute Gasteiger partial charge is 0.372 e. The lowest BCUT2D eigenvalue weighted by molar-refractivity contribution is -0.146. The van der Waals surface area contributed by atoms with Crippen LogP contribution in [-0.4, -0.2) is 32.6 Å². The molecule has 0 heterocycles. The van der Waals surface area contributed by atoms with Gasteiger partial charge in [0.2, 0.25) is 0 Å². The minimum Gasteiger partial charge on any atom is -0.493 e. The molecule has 2 aromatic rings. The van der Waals surface area contributed by atoms with E-state index in [-0.39, 0.29) is 12.4 Å². The first-order valence-electron chi connectivity index (χ1n) is 8.05. The summed E-state index contributed by atoms with van der Waals surface area (Å²) in [5, 5.41) is 3.65. The van der Waals surface area contributed by atoms with Crippen LogP contribution in [0, 0.1) is 6.92 Å². The second-order valence-electron chi connectivity index (χ2n) is 5.61. The summed E-state index contributed by atoms with van der Waals surface area (Å²) in [4.78, 5) is 16.5. The van der Waals surface area contributed by atoms with Crippen molar-refractivity contribution in [2.75, 3.05) is 20.8 Å². The summed E-state index contributed by atoms with van der Waals surface area (Å²) < 4.78 is 16.8. The van der Waals surface area contributed by atoms with Gasteiger partial charge >= 0.3 is 5.97 Å². The molecule has 0 spiro atoms. The molecule has 0 unspecified atom stereocenters. The molecular weight excluding hydrogens is 416 g/mol. The highest BCUT2D eigenvalue weighted by atomic mass is 79.9. The molecule has 0 amide bonds. The lowest BCUT2D eigenvalue weighted by Crippen LogP contribution is -2.19. The molecular formula is C19H21BrN2O5. The van der Waals surface area contributed by atoms with Crippen LogP contribution in [0.1, 0.15) is 11.1 Å². The van der Waals surface area contributed by atoms with Crippen molar-refractivity contribution >= 4 is 27.7 Å². The van der Waals surface area contributed by atoms with Gasteiger partial charge in [-0.15, -0.1) is 0 Å². The van der Waals surface area contributed by atoms with Crippen molar-refractivity contribution in [1.82, 2.24) is 0 Å². The minimum absolute atomic E-state index is 0.148. The van der Waals surface area contributed by atoms with Gasteiger partial charge < -0.3 is 24.8 Å². The molecule has 27 heavy (non-hydrogen) atoms. The first kappa shape index (κ1) is 20.6. The maximum absolute atomic E-state index is 11.8. The van der Waals surface area contributed by atoms with Crippen molar-refractivity contribution < 1.29 is 23.8 Å². The Morgan fingerprint density at radius 1 is 1.11 bits per heavy atom. The SMILES string of the molecule is COc1ccc(C/C(N)=N/OC(=O)COc2ccc(Br)c(C)c2)cc1OC. The Bertz CT molecular complexity index is 839. The summed E-state index contributed by atoms with van der Waals surface area (Å²) >= 11 is 3.40. The number of rotatable bonds is 8. The molecule has 2 aromatic carbocycles. The molecule has 0 aliphatic rings. The molecule has 0 aliphatic heterocycles. The number of hydrogen-bond acceptors (Lipinski definition) is 6. The average molecular weight is 437 g/mol. The van der Waals surface area contributed by atoms with E-state index in [1.165, 1.54) is 0 Å². The van der Waals surface area contributed by atoms with Gasteiger partial charge in [0.05, 0.1) is 14.2 Å². The van der Waals surface area contributed by atoms with Crippen molar-refractivity contribution in [3.05, 3.63) is 52.0 Å². The number of oxime groups is 1. The van der Waals surface area contributed by atoms with Gasteiger partial charge in [0.1, 0.15) is 11.6 Å². The Morgan fingerprint density at radius 3 is 2.52 bits per heavy atom. The number of methoxy groups -OCH3 is 2. The molecule has 2 N–H and O–H groups in total. The lowest BCUT2D eigenvalue weighted by atomic mass is 10.1. The zero-order valence-electron chi connectivity index (χ0n) is 15.3. The van der Waals surface area contributed by atoms with Crippen LogP contribution in [0.2, 0.25) is 0 Å². The van der Waals surface area contributed by atoms with Crippen LogP contribution in [0.4, 0.5) is 0 Å². The summed E-state index contributed by atoms with van der Waals surface area (Å²) in [5.41, 5.74) is 7.65. The normalized spacial score (nSPS) is 11.0. The number of amidine groups is 1. The second kappa shape index (κ2) is 9.82. The highest BCUT2D eigenvalue weighted by Crippen LogP contribution is 2.27. The molecule has 0 aliphatic carbocycles. The van der Waals surface area contributed by atoms with E-state index >= 15 is 0 Å². The maximum Gasteiger partial charge on any atom is 0.372 e. The zero-order chi connectivity index (χ0) is 19.8.